The fourth-order valence-corrected chi connectivity index (χ4v) is 1.84. The van der Waals surface area contributed by atoms with Crippen LogP contribution in [0.1, 0.15) is 0 Å². The molecule has 0 fully saturated rings. The number of non-ortho nitro benzene ring substituents is 1. The van der Waals surface area contributed by atoms with Crippen molar-refractivity contribution in [2.45, 2.75) is 0 Å². The zero-order valence-electron chi connectivity index (χ0n) is 9.45. The fourth-order valence-electron chi connectivity index (χ4n) is 1.01. The number of nitriles is 1. The summed E-state index contributed by atoms with van der Waals surface area (Å²) in [5, 5.41) is 21.2. The van der Waals surface area contributed by atoms with Gasteiger partial charge in [0.2, 0.25) is 0 Å². The first-order chi connectivity index (χ1) is 8.54. The average Bonchev–Trinajstić information content (AvgIpc) is 2.36. The molecule has 0 saturated carbocycles. The number of hydrogen-bond donors (Lipinski definition) is 1. The second-order valence-electron chi connectivity index (χ2n) is 3.17. The fraction of sp³-hybridized carbons (Fsp3) is 0.200. The monoisotopic (exact) mass is 284 g/mol. The maximum absolute atomic E-state index is 10.4. The highest BCUT2D eigenvalue weighted by atomic mass is 32.2. The van der Waals surface area contributed by atoms with Crippen LogP contribution in [-0.2, 0) is 10.9 Å². The second-order valence-corrected chi connectivity index (χ2v) is 5.76. The Bertz CT molecular complexity index is 484. The molecule has 18 heavy (non-hydrogen) atoms. The van der Waals surface area contributed by atoms with E-state index in [2.05, 4.69) is 5.32 Å². The maximum Gasteiger partial charge on any atom is 0.304 e. The molecule has 0 amide bonds. The van der Waals surface area contributed by atoms with E-state index >= 15 is 0 Å². The number of nitro groups is 1. The lowest BCUT2D eigenvalue weighted by atomic mass is 10.3. The molecule has 1 N–H and O–H groups in total. The number of rotatable bonds is 4. The van der Waals surface area contributed by atoms with Crippen LogP contribution in [0.5, 0.6) is 5.75 Å². The lowest BCUT2D eigenvalue weighted by molar-refractivity contribution is -0.384. The summed E-state index contributed by atoms with van der Waals surface area (Å²) in [4.78, 5) is 9.98. The molecule has 0 radical (unpaired) electrons. The molecule has 0 heterocycles. The summed E-state index contributed by atoms with van der Waals surface area (Å²) in [5.41, 5.74) is 0.0134. The molecule has 1 atom stereocenters. The maximum atomic E-state index is 10.4. The van der Waals surface area contributed by atoms with E-state index < -0.39 is 4.92 Å². The highest BCUT2D eigenvalue weighted by Crippen LogP contribution is 2.17. The molecule has 0 spiro atoms. The van der Waals surface area contributed by atoms with Crippen LogP contribution in [0.15, 0.2) is 24.3 Å². The topological polar surface area (TPSA) is 88.2 Å². The van der Waals surface area contributed by atoms with Gasteiger partial charge in [-0.1, -0.05) is 0 Å². The van der Waals surface area contributed by atoms with E-state index in [4.69, 9.17) is 22.2 Å². The summed E-state index contributed by atoms with van der Waals surface area (Å²) < 4.78 is 5.85. The Morgan fingerprint density at radius 1 is 1.61 bits per heavy atom. The van der Waals surface area contributed by atoms with Crippen molar-refractivity contribution in [2.24, 2.45) is 0 Å². The summed E-state index contributed by atoms with van der Waals surface area (Å²) in [7, 11) is -0.388. The standard InChI is InChI=1S/C10H9N3O3S2/c1-18(10(17)12-6-11)7-16-9-4-2-8(3-5-9)13(14)15/h2-5H,7H2,1H3/p+1. The van der Waals surface area contributed by atoms with E-state index in [1.807, 2.05) is 6.26 Å². The smallest absolute Gasteiger partial charge is 0.304 e. The zero-order chi connectivity index (χ0) is 13.5. The lowest BCUT2D eigenvalue weighted by Gasteiger charge is -2.05. The van der Waals surface area contributed by atoms with E-state index in [0.717, 1.165) is 0 Å². The Balaban J connectivity index is 2.51. The minimum atomic E-state index is -0.472. The predicted octanol–water partition coefficient (Wildman–Crippen LogP) is 1.53. The quantitative estimate of drug-likeness (QED) is 0.225. The highest BCUT2D eigenvalue weighted by Gasteiger charge is 2.19. The molecule has 0 aliphatic heterocycles. The second kappa shape index (κ2) is 6.78. The molecule has 94 valence electrons. The lowest BCUT2D eigenvalue weighted by Crippen LogP contribution is -2.28. The Labute approximate surface area is 112 Å². The van der Waals surface area contributed by atoms with Gasteiger partial charge in [-0.25, -0.2) is 5.32 Å². The SMILES string of the molecule is C[S+](COc1ccc([N+](=O)[O-])cc1)C(=S)NC#N. The van der Waals surface area contributed by atoms with Gasteiger partial charge in [0.05, 0.1) is 15.8 Å². The van der Waals surface area contributed by atoms with Crippen molar-refractivity contribution < 1.29 is 9.66 Å². The van der Waals surface area contributed by atoms with Crippen LogP contribution >= 0.6 is 12.2 Å². The van der Waals surface area contributed by atoms with Gasteiger partial charge in [-0.15, -0.1) is 0 Å². The van der Waals surface area contributed by atoms with E-state index in [0.29, 0.717) is 16.0 Å². The number of hydrogen-bond acceptors (Lipinski definition) is 5. The third kappa shape index (κ3) is 4.20. The van der Waals surface area contributed by atoms with Crippen LogP contribution in [0.25, 0.3) is 0 Å². The molecular weight excluding hydrogens is 274 g/mol. The molecule has 1 rings (SSSR count). The van der Waals surface area contributed by atoms with Gasteiger partial charge in [0, 0.05) is 12.1 Å². The van der Waals surface area contributed by atoms with Crippen molar-refractivity contribution in [2.75, 3.05) is 12.2 Å². The van der Waals surface area contributed by atoms with Crippen molar-refractivity contribution in [1.29, 1.82) is 5.26 Å². The minimum absolute atomic E-state index is 0.0134. The highest BCUT2D eigenvalue weighted by molar-refractivity contribution is 8.20. The number of nitro benzene ring substituents is 1. The zero-order valence-corrected chi connectivity index (χ0v) is 11.1. The van der Waals surface area contributed by atoms with Gasteiger partial charge in [-0.2, -0.15) is 5.26 Å². The van der Waals surface area contributed by atoms with Crippen molar-refractivity contribution in [3.05, 3.63) is 34.4 Å². The third-order valence-electron chi connectivity index (χ3n) is 1.92. The Hall–Kier alpha value is -1.85. The first kappa shape index (κ1) is 14.2. The van der Waals surface area contributed by atoms with Crippen molar-refractivity contribution in [3.63, 3.8) is 0 Å². The summed E-state index contributed by atoms with van der Waals surface area (Å²) >= 11 is 4.96. The molecule has 1 unspecified atom stereocenters. The van der Waals surface area contributed by atoms with E-state index in [1.54, 1.807) is 6.19 Å². The molecule has 0 aliphatic carbocycles. The van der Waals surface area contributed by atoms with Crippen molar-refractivity contribution in [1.82, 2.24) is 5.32 Å². The van der Waals surface area contributed by atoms with E-state index in [1.165, 1.54) is 24.3 Å². The summed E-state index contributed by atoms with van der Waals surface area (Å²) in [5.74, 6) is 0.852. The van der Waals surface area contributed by atoms with Gasteiger partial charge < -0.3 is 4.74 Å². The number of benzene rings is 1. The van der Waals surface area contributed by atoms with E-state index in [9.17, 15) is 10.1 Å². The van der Waals surface area contributed by atoms with Crippen molar-refractivity contribution in [3.8, 4) is 11.9 Å². The van der Waals surface area contributed by atoms with E-state index in [-0.39, 0.29) is 16.6 Å². The predicted molar refractivity (Wildman–Crippen MR) is 73.2 cm³/mol. The van der Waals surface area contributed by atoms with Crippen LogP contribution in [0.3, 0.4) is 0 Å². The number of ether oxygens (including phenoxy) is 1. The van der Waals surface area contributed by atoms with Crippen LogP contribution in [0.4, 0.5) is 5.69 Å². The molecule has 8 heteroatoms. The summed E-state index contributed by atoms with van der Waals surface area (Å²) in [6, 6.07) is 5.79. The normalized spacial score (nSPS) is 11.1. The largest absolute Gasteiger partial charge is 0.448 e. The number of nitrogens with one attached hydrogen (secondary N) is 1. The van der Waals surface area contributed by atoms with Crippen LogP contribution in [-0.4, -0.2) is 21.4 Å². The van der Waals surface area contributed by atoms with Gasteiger partial charge in [-0.3, -0.25) is 10.1 Å². The number of thiocarbonyl (C=S) groups is 1. The van der Waals surface area contributed by atoms with Crippen molar-refractivity contribution >= 4 is 33.1 Å². The molecule has 6 nitrogen and oxygen atoms in total. The summed E-state index contributed by atoms with van der Waals surface area (Å²) in [6.07, 6.45) is 3.60. The average molecular weight is 284 g/mol. The molecule has 1 aromatic rings. The van der Waals surface area contributed by atoms with Crippen LogP contribution < -0.4 is 10.1 Å². The Kier molecular flexibility index (Phi) is 5.35. The molecule has 1 aromatic carbocycles. The molecule has 0 saturated heterocycles. The van der Waals surface area contributed by atoms with Crippen LogP contribution in [0.2, 0.25) is 0 Å². The first-order valence-electron chi connectivity index (χ1n) is 4.73. The van der Waals surface area contributed by atoms with Gasteiger partial charge >= 0.3 is 4.32 Å². The van der Waals surface area contributed by atoms with Gasteiger partial charge in [0.1, 0.15) is 12.0 Å². The third-order valence-corrected chi connectivity index (χ3v) is 4.09. The molecule has 0 aromatic heterocycles. The van der Waals surface area contributed by atoms with Gasteiger partial charge in [0.15, 0.2) is 6.19 Å². The van der Waals surface area contributed by atoms with Gasteiger partial charge in [0.25, 0.3) is 11.6 Å². The molecular formula is C10H10N3O3S2+. The Morgan fingerprint density at radius 3 is 2.72 bits per heavy atom. The molecule has 0 aliphatic rings. The molecule has 0 bridgehead atoms. The number of nitrogens with zero attached hydrogens (tertiary/aromatic N) is 2. The Morgan fingerprint density at radius 2 is 2.22 bits per heavy atom. The van der Waals surface area contributed by atoms with Gasteiger partial charge in [-0.05, 0) is 24.4 Å². The summed E-state index contributed by atoms with van der Waals surface area (Å²) in [6.45, 7) is 0. The van der Waals surface area contributed by atoms with Crippen LogP contribution in [0, 0.1) is 21.6 Å². The first-order valence-corrected chi connectivity index (χ1v) is 6.94. The minimum Gasteiger partial charge on any atom is -0.448 e.